The molecule has 1 aromatic rings. The van der Waals surface area contributed by atoms with Crippen LogP contribution in [0.15, 0.2) is 29.7 Å². The van der Waals surface area contributed by atoms with Crippen LogP contribution in [0.4, 0.5) is 0 Å². The maximum Gasteiger partial charge on any atom is 0.233 e. The molecule has 122 valence electrons. The lowest BCUT2D eigenvalue weighted by Crippen LogP contribution is -2.38. The molecule has 1 heterocycles. The van der Waals surface area contributed by atoms with E-state index in [1.807, 2.05) is 0 Å². The van der Waals surface area contributed by atoms with Crippen molar-refractivity contribution in [2.45, 2.75) is 19.8 Å². The monoisotopic (exact) mass is 342 g/mol. The van der Waals surface area contributed by atoms with Gasteiger partial charge in [-0.15, -0.1) is 0 Å². The second-order valence-electron chi connectivity index (χ2n) is 5.82. The first-order chi connectivity index (χ1) is 10.4. The smallest absolute Gasteiger partial charge is 0.233 e. The van der Waals surface area contributed by atoms with Gasteiger partial charge in [0.1, 0.15) is 0 Å². The molecule has 0 saturated carbocycles. The summed E-state index contributed by atoms with van der Waals surface area (Å²) in [4.78, 5) is 2.31. The van der Waals surface area contributed by atoms with Crippen LogP contribution < -0.4 is 4.72 Å². The lowest BCUT2D eigenvalue weighted by atomic mass is 9.99. The van der Waals surface area contributed by atoms with Gasteiger partial charge in [-0.1, -0.05) is 30.7 Å². The van der Waals surface area contributed by atoms with E-state index < -0.39 is 10.0 Å². The summed E-state index contributed by atoms with van der Waals surface area (Å²) < 4.78 is 26.5. The zero-order valence-electron chi connectivity index (χ0n) is 12.8. The van der Waals surface area contributed by atoms with Crippen LogP contribution in [0.25, 0.3) is 6.08 Å². The Hall–Kier alpha value is -0.880. The molecule has 0 radical (unpaired) electrons. The van der Waals surface area contributed by atoms with E-state index in [-0.39, 0.29) is 0 Å². The van der Waals surface area contributed by atoms with Gasteiger partial charge in [-0.05, 0) is 55.6 Å². The van der Waals surface area contributed by atoms with Gasteiger partial charge in [0.25, 0.3) is 0 Å². The molecular weight excluding hydrogens is 320 g/mol. The van der Waals surface area contributed by atoms with Gasteiger partial charge in [-0.2, -0.15) is 0 Å². The first-order valence-corrected chi connectivity index (χ1v) is 9.53. The molecule has 0 unspecified atom stereocenters. The molecule has 0 atom stereocenters. The van der Waals surface area contributed by atoms with Crippen molar-refractivity contribution in [1.29, 1.82) is 0 Å². The number of hydrogen-bond donors (Lipinski definition) is 1. The molecule has 2 rings (SSSR count). The standard InChI is InChI=1S/C16H23ClN2O2S/c1-14-6-10-19(11-7-14)12-9-18-22(20,21)13-8-15-2-4-16(17)5-3-15/h2-5,8,13-14,18H,6-7,9-12H2,1H3/b13-8+. The first-order valence-electron chi connectivity index (χ1n) is 7.60. The van der Waals surface area contributed by atoms with Gasteiger partial charge in [0.15, 0.2) is 0 Å². The van der Waals surface area contributed by atoms with E-state index >= 15 is 0 Å². The third-order valence-corrected chi connectivity index (χ3v) is 5.27. The number of piperidine rings is 1. The van der Waals surface area contributed by atoms with Crippen molar-refractivity contribution in [3.8, 4) is 0 Å². The Morgan fingerprint density at radius 1 is 1.27 bits per heavy atom. The third-order valence-electron chi connectivity index (χ3n) is 3.92. The Bertz CT molecular complexity index is 591. The van der Waals surface area contributed by atoms with Crippen molar-refractivity contribution >= 4 is 27.7 Å². The Morgan fingerprint density at radius 3 is 2.55 bits per heavy atom. The molecule has 0 amide bonds. The fraction of sp³-hybridized carbons (Fsp3) is 0.500. The minimum absolute atomic E-state index is 0.446. The molecule has 6 heteroatoms. The van der Waals surface area contributed by atoms with E-state index in [1.54, 1.807) is 30.3 Å². The zero-order chi connectivity index (χ0) is 16.0. The number of sulfonamides is 1. The Morgan fingerprint density at radius 2 is 1.91 bits per heavy atom. The highest BCUT2D eigenvalue weighted by Crippen LogP contribution is 2.15. The average molecular weight is 343 g/mol. The zero-order valence-corrected chi connectivity index (χ0v) is 14.4. The molecule has 0 aromatic heterocycles. The van der Waals surface area contributed by atoms with E-state index in [9.17, 15) is 8.42 Å². The Kier molecular flexibility index (Phi) is 6.44. The molecule has 1 aromatic carbocycles. The van der Waals surface area contributed by atoms with Gasteiger partial charge in [0.2, 0.25) is 10.0 Å². The minimum atomic E-state index is -3.39. The quantitative estimate of drug-likeness (QED) is 0.864. The van der Waals surface area contributed by atoms with E-state index in [1.165, 1.54) is 18.2 Å². The van der Waals surface area contributed by atoms with Crippen LogP contribution in [0.1, 0.15) is 25.3 Å². The number of hydrogen-bond acceptors (Lipinski definition) is 3. The lowest BCUT2D eigenvalue weighted by Gasteiger charge is -2.29. The second kappa shape index (κ2) is 8.11. The Balaban J connectivity index is 1.77. The highest BCUT2D eigenvalue weighted by molar-refractivity contribution is 7.92. The van der Waals surface area contributed by atoms with Crippen LogP contribution in [-0.2, 0) is 10.0 Å². The fourth-order valence-corrected chi connectivity index (χ4v) is 3.36. The Labute approximate surface area is 138 Å². The van der Waals surface area contributed by atoms with Crippen LogP contribution in [0.3, 0.4) is 0 Å². The molecule has 0 bridgehead atoms. The molecule has 0 spiro atoms. The number of likely N-dealkylation sites (tertiary alicyclic amines) is 1. The van der Waals surface area contributed by atoms with Crippen molar-refractivity contribution in [3.05, 3.63) is 40.3 Å². The van der Waals surface area contributed by atoms with E-state index in [0.29, 0.717) is 11.6 Å². The summed E-state index contributed by atoms with van der Waals surface area (Å²) in [5, 5.41) is 1.84. The van der Waals surface area contributed by atoms with Gasteiger partial charge in [-0.3, -0.25) is 0 Å². The molecule has 1 N–H and O–H groups in total. The number of halogens is 1. The molecule has 1 fully saturated rings. The molecule has 0 aliphatic carbocycles. The van der Waals surface area contributed by atoms with Gasteiger partial charge >= 0.3 is 0 Å². The van der Waals surface area contributed by atoms with Crippen LogP contribution >= 0.6 is 11.6 Å². The maximum absolute atomic E-state index is 11.9. The molecular formula is C16H23ClN2O2S. The van der Waals surface area contributed by atoms with Crippen LogP contribution in [-0.4, -0.2) is 39.5 Å². The van der Waals surface area contributed by atoms with Crippen molar-refractivity contribution in [2.24, 2.45) is 5.92 Å². The summed E-state index contributed by atoms with van der Waals surface area (Å²) in [5.41, 5.74) is 0.805. The summed E-state index contributed by atoms with van der Waals surface area (Å²) in [6.07, 6.45) is 3.97. The van der Waals surface area contributed by atoms with Gasteiger partial charge < -0.3 is 4.90 Å². The SMILES string of the molecule is CC1CCN(CCNS(=O)(=O)/C=C/c2ccc(Cl)cc2)CC1. The first kappa shape index (κ1) is 17.5. The molecule has 1 saturated heterocycles. The van der Waals surface area contributed by atoms with E-state index in [0.717, 1.165) is 31.1 Å². The van der Waals surface area contributed by atoms with Crippen molar-refractivity contribution < 1.29 is 8.42 Å². The fourth-order valence-electron chi connectivity index (χ4n) is 2.42. The van der Waals surface area contributed by atoms with Crippen LogP contribution in [0, 0.1) is 5.92 Å². The summed E-state index contributed by atoms with van der Waals surface area (Å²) in [7, 11) is -3.39. The van der Waals surface area contributed by atoms with E-state index in [2.05, 4.69) is 16.5 Å². The average Bonchev–Trinajstić information content (AvgIpc) is 2.49. The number of nitrogens with one attached hydrogen (secondary N) is 1. The molecule has 22 heavy (non-hydrogen) atoms. The largest absolute Gasteiger partial charge is 0.302 e. The lowest BCUT2D eigenvalue weighted by molar-refractivity contribution is 0.196. The predicted molar refractivity (Wildman–Crippen MR) is 92.2 cm³/mol. The minimum Gasteiger partial charge on any atom is -0.302 e. The molecule has 1 aliphatic heterocycles. The van der Waals surface area contributed by atoms with Crippen LogP contribution in [0.2, 0.25) is 5.02 Å². The van der Waals surface area contributed by atoms with Crippen molar-refractivity contribution in [2.75, 3.05) is 26.2 Å². The third kappa shape index (κ3) is 6.08. The summed E-state index contributed by atoms with van der Waals surface area (Å²) in [5.74, 6) is 0.787. The number of benzene rings is 1. The second-order valence-corrected chi connectivity index (χ2v) is 7.91. The highest BCUT2D eigenvalue weighted by atomic mass is 35.5. The van der Waals surface area contributed by atoms with Gasteiger partial charge in [-0.25, -0.2) is 13.1 Å². The topological polar surface area (TPSA) is 49.4 Å². The van der Waals surface area contributed by atoms with Crippen molar-refractivity contribution in [3.63, 3.8) is 0 Å². The molecule has 1 aliphatic rings. The summed E-state index contributed by atoms with van der Waals surface area (Å²) >= 11 is 5.79. The van der Waals surface area contributed by atoms with Crippen LogP contribution in [0.5, 0.6) is 0 Å². The van der Waals surface area contributed by atoms with Crippen molar-refractivity contribution in [1.82, 2.24) is 9.62 Å². The maximum atomic E-state index is 11.9. The number of nitrogens with zero attached hydrogens (tertiary/aromatic N) is 1. The summed E-state index contributed by atoms with van der Waals surface area (Å²) in [6.45, 7) is 5.59. The molecule has 4 nitrogen and oxygen atoms in total. The summed E-state index contributed by atoms with van der Waals surface area (Å²) in [6, 6.07) is 7.03. The van der Waals surface area contributed by atoms with E-state index in [4.69, 9.17) is 11.6 Å². The highest BCUT2D eigenvalue weighted by Gasteiger charge is 2.15. The predicted octanol–water partition coefficient (Wildman–Crippen LogP) is 2.96. The number of rotatable bonds is 6. The normalized spacial score (nSPS) is 18.1. The van der Waals surface area contributed by atoms with Gasteiger partial charge in [0, 0.05) is 23.5 Å². The van der Waals surface area contributed by atoms with Gasteiger partial charge in [0.05, 0.1) is 0 Å².